The Morgan fingerprint density at radius 1 is 1.45 bits per heavy atom. The van der Waals surface area contributed by atoms with Crippen molar-refractivity contribution in [3.05, 3.63) is 47.8 Å². The summed E-state index contributed by atoms with van der Waals surface area (Å²) in [4.78, 5) is 17.8. The second kappa shape index (κ2) is 6.20. The highest BCUT2D eigenvalue weighted by Crippen LogP contribution is 2.15. The average Bonchev–Trinajstić information content (AvgIpc) is 3.12. The SMILES string of the molecule is O=C(N[C@@H]1CN(Cc2ncccc2F)C[C@H]1O)c1ccn[nH]1. The number of halogens is 1. The number of rotatable bonds is 4. The zero-order chi connectivity index (χ0) is 15.5. The Morgan fingerprint density at radius 2 is 2.32 bits per heavy atom. The van der Waals surface area contributed by atoms with E-state index in [1.54, 1.807) is 6.07 Å². The van der Waals surface area contributed by atoms with Crippen molar-refractivity contribution < 1.29 is 14.3 Å². The largest absolute Gasteiger partial charge is 0.390 e. The molecule has 0 unspecified atom stereocenters. The number of nitrogens with zero attached hydrogens (tertiary/aromatic N) is 3. The number of carbonyl (C=O) groups is 1. The van der Waals surface area contributed by atoms with E-state index >= 15 is 0 Å². The normalized spacial score (nSPS) is 21.9. The van der Waals surface area contributed by atoms with Crippen LogP contribution >= 0.6 is 0 Å². The number of aromatic nitrogens is 3. The van der Waals surface area contributed by atoms with Crippen LogP contribution in [0, 0.1) is 5.82 Å². The number of pyridine rings is 1. The van der Waals surface area contributed by atoms with Gasteiger partial charge < -0.3 is 10.4 Å². The minimum Gasteiger partial charge on any atom is -0.390 e. The summed E-state index contributed by atoms with van der Waals surface area (Å²) in [6, 6.07) is 4.03. The van der Waals surface area contributed by atoms with E-state index in [1.807, 2.05) is 4.90 Å². The molecule has 0 bridgehead atoms. The van der Waals surface area contributed by atoms with Crippen LogP contribution in [0.15, 0.2) is 30.6 Å². The monoisotopic (exact) mass is 305 g/mol. The minimum atomic E-state index is -0.710. The van der Waals surface area contributed by atoms with Crippen LogP contribution in [0.3, 0.4) is 0 Å². The molecule has 22 heavy (non-hydrogen) atoms. The molecule has 116 valence electrons. The van der Waals surface area contributed by atoms with Gasteiger partial charge in [0.25, 0.3) is 5.91 Å². The third-order valence-electron chi connectivity index (χ3n) is 3.63. The Balaban J connectivity index is 1.60. The molecule has 1 fully saturated rings. The van der Waals surface area contributed by atoms with Crippen LogP contribution in [0.4, 0.5) is 4.39 Å². The zero-order valence-corrected chi connectivity index (χ0v) is 11.7. The molecule has 1 amide bonds. The van der Waals surface area contributed by atoms with Crippen molar-refractivity contribution in [3.8, 4) is 0 Å². The maximum atomic E-state index is 13.6. The Morgan fingerprint density at radius 3 is 3.05 bits per heavy atom. The van der Waals surface area contributed by atoms with Gasteiger partial charge in [0.1, 0.15) is 11.5 Å². The highest BCUT2D eigenvalue weighted by Gasteiger charge is 2.33. The molecule has 8 heteroatoms. The number of H-pyrrole nitrogens is 1. The van der Waals surface area contributed by atoms with Crippen molar-refractivity contribution in [2.75, 3.05) is 13.1 Å². The first kappa shape index (κ1) is 14.6. The molecule has 1 aliphatic rings. The van der Waals surface area contributed by atoms with E-state index < -0.39 is 12.1 Å². The molecule has 1 aliphatic heterocycles. The number of aliphatic hydroxyl groups excluding tert-OH is 1. The van der Waals surface area contributed by atoms with Gasteiger partial charge in [-0.2, -0.15) is 5.10 Å². The van der Waals surface area contributed by atoms with Crippen LogP contribution in [-0.4, -0.2) is 56.3 Å². The fraction of sp³-hybridized carbons (Fsp3) is 0.357. The maximum absolute atomic E-state index is 13.6. The fourth-order valence-electron chi connectivity index (χ4n) is 2.51. The molecule has 0 saturated carbocycles. The summed E-state index contributed by atoms with van der Waals surface area (Å²) in [6.45, 7) is 1.07. The molecule has 0 spiro atoms. The number of hydrogen-bond donors (Lipinski definition) is 3. The van der Waals surface area contributed by atoms with Gasteiger partial charge >= 0.3 is 0 Å². The average molecular weight is 305 g/mol. The molecular formula is C14H16FN5O2. The standard InChI is InChI=1S/C14H16FN5O2/c15-9-2-1-4-16-11(9)6-20-7-12(13(21)8-20)18-14(22)10-3-5-17-19-10/h1-5,12-13,21H,6-8H2,(H,17,19)(H,18,22)/t12-,13-/m1/s1. The van der Waals surface area contributed by atoms with Crippen LogP contribution in [0.1, 0.15) is 16.2 Å². The predicted molar refractivity (Wildman–Crippen MR) is 75.3 cm³/mol. The lowest BCUT2D eigenvalue weighted by molar-refractivity contribution is 0.0883. The van der Waals surface area contributed by atoms with Gasteiger partial charge in [0.2, 0.25) is 0 Å². The fourth-order valence-corrected chi connectivity index (χ4v) is 2.51. The van der Waals surface area contributed by atoms with Gasteiger partial charge in [0.15, 0.2) is 0 Å². The maximum Gasteiger partial charge on any atom is 0.269 e. The van der Waals surface area contributed by atoms with E-state index in [-0.39, 0.29) is 11.7 Å². The quantitative estimate of drug-likeness (QED) is 0.734. The highest BCUT2D eigenvalue weighted by atomic mass is 19.1. The molecule has 2 aromatic heterocycles. The number of aliphatic hydroxyl groups is 1. The molecular weight excluding hydrogens is 289 g/mol. The molecule has 0 aromatic carbocycles. The molecule has 2 aromatic rings. The van der Waals surface area contributed by atoms with E-state index in [1.165, 1.54) is 24.5 Å². The van der Waals surface area contributed by atoms with Crippen molar-refractivity contribution in [3.63, 3.8) is 0 Å². The van der Waals surface area contributed by atoms with Crippen molar-refractivity contribution in [1.82, 2.24) is 25.4 Å². The first-order valence-electron chi connectivity index (χ1n) is 6.93. The number of aromatic amines is 1. The van der Waals surface area contributed by atoms with Crippen LogP contribution in [0.5, 0.6) is 0 Å². The third-order valence-corrected chi connectivity index (χ3v) is 3.63. The van der Waals surface area contributed by atoms with Crippen molar-refractivity contribution in [2.24, 2.45) is 0 Å². The smallest absolute Gasteiger partial charge is 0.269 e. The van der Waals surface area contributed by atoms with Gasteiger partial charge in [-0.3, -0.25) is 19.8 Å². The summed E-state index contributed by atoms with van der Waals surface area (Å²) in [5.74, 6) is -0.700. The number of nitrogens with one attached hydrogen (secondary N) is 2. The highest BCUT2D eigenvalue weighted by molar-refractivity contribution is 5.92. The van der Waals surface area contributed by atoms with Crippen molar-refractivity contribution >= 4 is 5.91 Å². The lowest BCUT2D eigenvalue weighted by Crippen LogP contribution is -2.43. The van der Waals surface area contributed by atoms with Crippen LogP contribution < -0.4 is 5.32 Å². The van der Waals surface area contributed by atoms with Crippen molar-refractivity contribution in [1.29, 1.82) is 0 Å². The Labute approximate surface area is 126 Å². The second-order valence-corrected chi connectivity index (χ2v) is 5.24. The summed E-state index contributed by atoms with van der Waals surface area (Å²) in [5.41, 5.74) is 0.664. The first-order valence-corrected chi connectivity index (χ1v) is 6.93. The number of carbonyl (C=O) groups excluding carboxylic acids is 1. The van der Waals surface area contributed by atoms with E-state index in [9.17, 15) is 14.3 Å². The predicted octanol–water partition coefficient (Wildman–Crippen LogP) is -0.0811. The summed E-state index contributed by atoms with van der Waals surface area (Å²) < 4.78 is 13.6. The lowest BCUT2D eigenvalue weighted by Gasteiger charge is -2.16. The summed E-state index contributed by atoms with van der Waals surface area (Å²) in [5, 5.41) is 19.1. The number of β-amino-alcohol motifs (C(OH)–C–C–N with tert-alkyl or cyclic N) is 1. The second-order valence-electron chi connectivity index (χ2n) is 5.24. The lowest BCUT2D eigenvalue weighted by atomic mass is 10.2. The van der Waals surface area contributed by atoms with Gasteiger partial charge in [-0.15, -0.1) is 0 Å². The van der Waals surface area contributed by atoms with E-state index in [2.05, 4.69) is 20.5 Å². The molecule has 1 saturated heterocycles. The van der Waals surface area contributed by atoms with E-state index in [0.717, 1.165) is 0 Å². The van der Waals surface area contributed by atoms with Gasteiger partial charge in [0, 0.05) is 32.0 Å². The van der Waals surface area contributed by atoms with E-state index in [0.29, 0.717) is 31.0 Å². The third kappa shape index (κ3) is 3.12. The molecule has 0 aliphatic carbocycles. The molecule has 3 N–H and O–H groups in total. The molecule has 2 atom stereocenters. The van der Waals surface area contributed by atoms with E-state index in [4.69, 9.17) is 0 Å². The van der Waals surface area contributed by atoms with Gasteiger partial charge in [-0.25, -0.2) is 4.39 Å². The Kier molecular flexibility index (Phi) is 4.12. The summed E-state index contributed by atoms with van der Waals surface area (Å²) in [7, 11) is 0. The minimum absolute atomic E-state index is 0.292. The summed E-state index contributed by atoms with van der Waals surface area (Å²) >= 11 is 0. The molecule has 3 rings (SSSR count). The van der Waals surface area contributed by atoms with Crippen LogP contribution in [0.2, 0.25) is 0 Å². The number of hydrogen-bond acceptors (Lipinski definition) is 5. The molecule has 0 radical (unpaired) electrons. The van der Waals surface area contributed by atoms with Crippen molar-refractivity contribution in [2.45, 2.75) is 18.7 Å². The number of amides is 1. The summed E-state index contributed by atoms with van der Waals surface area (Å²) in [6.07, 6.45) is 2.30. The van der Waals surface area contributed by atoms with Gasteiger partial charge in [-0.1, -0.05) is 0 Å². The Hall–Kier alpha value is -2.32. The van der Waals surface area contributed by atoms with Gasteiger partial charge in [0.05, 0.1) is 17.8 Å². The molecule has 3 heterocycles. The first-order chi connectivity index (χ1) is 10.6. The van der Waals surface area contributed by atoms with Crippen LogP contribution in [0.25, 0.3) is 0 Å². The zero-order valence-electron chi connectivity index (χ0n) is 11.7. The Bertz CT molecular complexity index is 648. The van der Waals surface area contributed by atoms with Crippen LogP contribution in [-0.2, 0) is 6.54 Å². The van der Waals surface area contributed by atoms with Gasteiger partial charge in [-0.05, 0) is 18.2 Å². The number of likely N-dealkylation sites (tertiary alicyclic amines) is 1. The molecule has 7 nitrogen and oxygen atoms in total. The topological polar surface area (TPSA) is 94.1 Å².